The Bertz CT molecular complexity index is 538. The van der Waals surface area contributed by atoms with Crippen LogP contribution >= 0.6 is 0 Å². The van der Waals surface area contributed by atoms with Gasteiger partial charge in [0.1, 0.15) is 11.9 Å². The molecule has 2 aromatic rings. The van der Waals surface area contributed by atoms with Gasteiger partial charge in [0.15, 0.2) is 0 Å². The van der Waals surface area contributed by atoms with Crippen LogP contribution in [0.15, 0.2) is 36.4 Å². The van der Waals surface area contributed by atoms with Crippen molar-refractivity contribution in [1.82, 2.24) is 10.2 Å². The van der Waals surface area contributed by atoms with Gasteiger partial charge in [-0.25, -0.2) is 0 Å². The molecule has 1 aromatic carbocycles. The average molecular weight is 274 g/mol. The third-order valence-corrected chi connectivity index (χ3v) is 2.72. The zero-order valence-electron chi connectivity index (χ0n) is 11.8. The minimum Gasteiger partial charge on any atom is -0.491 e. The monoisotopic (exact) mass is 274 g/mol. The van der Waals surface area contributed by atoms with E-state index < -0.39 is 6.10 Å². The minimum atomic E-state index is -0.818. The molecule has 1 N–H and O–H groups in total. The summed E-state index contributed by atoms with van der Waals surface area (Å²) in [4.78, 5) is 0. The quantitative estimate of drug-likeness (QED) is 0.906. The lowest BCUT2D eigenvalue weighted by Crippen LogP contribution is -2.06. The van der Waals surface area contributed by atoms with Gasteiger partial charge in [0, 0.05) is 6.07 Å². The number of hydrogen-bond donors (Lipinski definition) is 1. The molecule has 2 rings (SSSR count). The SMILES string of the molecule is COc1ccc(C(O)c2ccc(OC(C)C)cc2)nn1. The first-order valence-electron chi connectivity index (χ1n) is 6.42. The third-order valence-electron chi connectivity index (χ3n) is 2.72. The molecule has 1 unspecified atom stereocenters. The van der Waals surface area contributed by atoms with Crippen LogP contribution in [0.5, 0.6) is 11.6 Å². The molecular weight excluding hydrogens is 256 g/mol. The zero-order valence-corrected chi connectivity index (χ0v) is 11.8. The van der Waals surface area contributed by atoms with E-state index in [1.54, 1.807) is 12.1 Å². The molecule has 1 aromatic heterocycles. The van der Waals surface area contributed by atoms with E-state index in [4.69, 9.17) is 9.47 Å². The van der Waals surface area contributed by atoms with Crippen LogP contribution in [0.3, 0.4) is 0 Å². The molecule has 106 valence electrons. The standard InChI is InChI=1S/C15H18N2O3/c1-10(2)20-12-6-4-11(5-7-12)15(18)13-8-9-14(19-3)17-16-13/h4-10,15,18H,1-3H3. The summed E-state index contributed by atoms with van der Waals surface area (Å²) in [5.41, 5.74) is 1.21. The number of hydrogen-bond acceptors (Lipinski definition) is 5. The van der Waals surface area contributed by atoms with Crippen LogP contribution < -0.4 is 9.47 Å². The Kier molecular flexibility index (Phi) is 4.53. The third kappa shape index (κ3) is 3.45. The molecule has 0 saturated heterocycles. The number of aliphatic hydroxyl groups excluding tert-OH is 1. The van der Waals surface area contributed by atoms with Gasteiger partial charge in [-0.3, -0.25) is 0 Å². The van der Waals surface area contributed by atoms with Crippen LogP contribution in [0.4, 0.5) is 0 Å². The number of aliphatic hydroxyl groups is 1. The molecule has 0 saturated carbocycles. The molecule has 1 atom stereocenters. The fraction of sp³-hybridized carbons (Fsp3) is 0.333. The Balaban J connectivity index is 2.13. The van der Waals surface area contributed by atoms with Crippen molar-refractivity contribution >= 4 is 0 Å². The van der Waals surface area contributed by atoms with Gasteiger partial charge in [-0.05, 0) is 37.6 Å². The van der Waals surface area contributed by atoms with Gasteiger partial charge in [-0.2, -0.15) is 0 Å². The maximum Gasteiger partial charge on any atom is 0.233 e. The topological polar surface area (TPSA) is 64.5 Å². The largest absolute Gasteiger partial charge is 0.491 e. The Morgan fingerprint density at radius 3 is 2.20 bits per heavy atom. The van der Waals surface area contributed by atoms with Crippen LogP contribution in [0, 0.1) is 0 Å². The zero-order chi connectivity index (χ0) is 14.5. The summed E-state index contributed by atoms with van der Waals surface area (Å²) in [5.74, 6) is 1.19. The normalized spacial score (nSPS) is 12.2. The van der Waals surface area contributed by atoms with Crippen LogP contribution in [0.1, 0.15) is 31.2 Å². The first-order valence-corrected chi connectivity index (χ1v) is 6.42. The summed E-state index contributed by atoms with van der Waals surface area (Å²) in [6, 6.07) is 10.6. The molecule has 0 aliphatic carbocycles. The van der Waals surface area contributed by atoms with Crippen LogP contribution in [0.25, 0.3) is 0 Å². The van der Waals surface area contributed by atoms with Crippen molar-refractivity contribution in [3.8, 4) is 11.6 Å². The Hall–Kier alpha value is -2.14. The molecule has 0 spiro atoms. The van der Waals surface area contributed by atoms with Crippen LogP contribution in [0.2, 0.25) is 0 Å². The Morgan fingerprint density at radius 1 is 1.00 bits per heavy atom. The second-order valence-electron chi connectivity index (χ2n) is 4.64. The van der Waals surface area contributed by atoms with Crippen molar-refractivity contribution in [2.75, 3.05) is 7.11 Å². The first kappa shape index (κ1) is 14.3. The van der Waals surface area contributed by atoms with Crippen molar-refractivity contribution < 1.29 is 14.6 Å². The van der Waals surface area contributed by atoms with Crippen molar-refractivity contribution in [2.24, 2.45) is 0 Å². The summed E-state index contributed by atoms with van der Waals surface area (Å²) in [5, 5.41) is 18.0. The van der Waals surface area contributed by atoms with Gasteiger partial charge in [0.2, 0.25) is 5.88 Å². The second kappa shape index (κ2) is 6.34. The fourth-order valence-corrected chi connectivity index (χ4v) is 1.76. The molecule has 0 amide bonds. The van der Waals surface area contributed by atoms with Crippen molar-refractivity contribution in [2.45, 2.75) is 26.1 Å². The Morgan fingerprint density at radius 2 is 1.70 bits per heavy atom. The minimum absolute atomic E-state index is 0.123. The summed E-state index contributed by atoms with van der Waals surface area (Å²) in [6.45, 7) is 3.94. The fourth-order valence-electron chi connectivity index (χ4n) is 1.76. The number of nitrogens with zero attached hydrogens (tertiary/aromatic N) is 2. The lowest BCUT2D eigenvalue weighted by atomic mass is 10.1. The summed E-state index contributed by atoms with van der Waals surface area (Å²) in [6.07, 6.45) is -0.695. The van der Waals surface area contributed by atoms with Gasteiger partial charge in [0.05, 0.1) is 18.9 Å². The van der Waals surface area contributed by atoms with E-state index in [0.717, 1.165) is 11.3 Å². The van der Waals surface area contributed by atoms with Crippen molar-refractivity contribution in [1.29, 1.82) is 0 Å². The van der Waals surface area contributed by atoms with E-state index in [9.17, 15) is 5.11 Å². The highest BCUT2D eigenvalue weighted by Gasteiger charge is 2.13. The molecule has 5 nitrogen and oxygen atoms in total. The van der Waals surface area contributed by atoms with E-state index in [-0.39, 0.29) is 6.10 Å². The van der Waals surface area contributed by atoms with Gasteiger partial charge in [0.25, 0.3) is 0 Å². The van der Waals surface area contributed by atoms with E-state index in [1.807, 2.05) is 38.1 Å². The van der Waals surface area contributed by atoms with Gasteiger partial charge < -0.3 is 14.6 Å². The van der Waals surface area contributed by atoms with Crippen molar-refractivity contribution in [3.05, 3.63) is 47.7 Å². The molecule has 0 bridgehead atoms. The number of aromatic nitrogens is 2. The molecule has 0 radical (unpaired) electrons. The number of ether oxygens (including phenoxy) is 2. The highest BCUT2D eigenvalue weighted by atomic mass is 16.5. The highest BCUT2D eigenvalue weighted by molar-refractivity contribution is 5.32. The molecular formula is C15H18N2O3. The van der Waals surface area contributed by atoms with Gasteiger partial charge >= 0.3 is 0 Å². The molecule has 0 aliphatic rings. The Labute approximate surface area is 118 Å². The highest BCUT2D eigenvalue weighted by Crippen LogP contribution is 2.23. The molecule has 0 fully saturated rings. The molecule has 1 heterocycles. The van der Waals surface area contributed by atoms with Crippen molar-refractivity contribution in [3.63, 3.8) is 0 Å². The lowest BCUT2D eigenvalue weighted by Gasteiger charge is -2.13. The smallest absolute Gasteiger partial charge is 0.233 e. The average Bonchev–Trinajstić information content (AvgIpc) is 2.47. The van der Waals surface area contributed by atoms with E-state index >= 15 is 0 Å². The number of rotatable bonds is 5. The summed E-state index contributed by atoms with van der Waals surface area (Å²) in [7, 11) is 1.52. The molecule has 5 heteroatoms. The molecule has 20 heavy (non-hydrogen) atoms. The lowest BCUT2D eigenvalue weighted by molar-refractivity contribution is 0.212. The predicted octanol–water partition coefficient (Wildman–Crippen LogP) is 2.35. The van der Waals surface area contributed by atoms with E-state index in [2.05, 4.69) is 10.2 Å². The number of benzene rings is 1. The van der Waals surface area contributed by atoms with Crippen LogP contribution in [-0.4, -0.2) is 28.5 Å². The summed E-state index contributed by atoms with van der Waals surface area (Å²) >= 11 is 0. The van der Waals surface area contributed by atoms with Crippen LogP contribution in [-0.2, 0) is 0 Å². The molecule has 0 aliphatic heterocycles. The number of methoxy groups -OCH3 is 1. The predicted molar refractivity (Wildman–Crippen MR) is 74.9 cm³/mol. The summed E-state index contributed by atoms with van der Waals surface area (Å²) < 4.78 is 10.5. The maximum absolute atomic E-state index is 10.2. The second-order valence-corrected chi connectivity index (χ2v) is 4.64. The van der Waals surface area contributed by atoms with Gasteiger partial charge in [-0.1, -0.05) is 12.1 Å². The first-order chi connectivity index (χ1) is 9.60. The van der Waals surface area contributed by atoms with E-state index in [0.29, 0.717) is 11.6 Å². The van der Waals surface area contributed by atoms with Gasteiger partial charge in [-0.15, -0.1) is 10.2 Å². The van der Waals surface area contributed by atoms with E-state index in [1.165, 1.54) is 7.11 Å². The maximum atomic E-state index is 10.2.